The van der Waals surface area contributed by atoms with Gasteiger partial charge in [-0.25, -0.2) is 0 Å². The highest BCUT2D eigenvalue weighted by Gasteiger charge is 2.28. The summed E-state index contributed by atoms with van der Waals surface area (Å²) in [6, 6.07) is 0.480. The Labute approximate surface area is 55.9 Å². The van der Waals surface area contributed by atoms with Crippen LogP contribution in [0.3, 0.4) is 0 Å². The summed E-state index contributed by atoms with van der Waals surface area (Å²) < 4.78 is 0. The monoisotopic (exact) mass is 123 g/mol. The molecule has 0 saturated heterocycles. The Kier molecular flexibility index (Phi) is 1.12. The summed E-state index contributed by atoms with van der Waals surface area (Å²) in [5.41, 5.74) is 5.87. The Morgan fingerprint density at radius 3 is 2.33 bits per heavy atom. The molecule has 1 saturated carbocycles. The van der Waals surface area contributed by atoms with Crippen LogP contribution in [0.25, 0.3) is 0 Å². The average Bonchev–Trinajstić information content (AvgIpc) is 1.90. The minimum absolute atomic E-state index is 0.480. The van der Waals surface area contributed by atoms with Gasteiger partial charge in [0.25, 0.3) is 0 Å². The number of hydrogen-bond donors (Lipinski definition) is 1. The van der Waals surface area contributed by atoms with E-state index >= 15 is 0 Å². The van der Waals surface area contributed by atoms with Crippen LogP contribution in [-0.4, -0.2) is 6.04 Å². The van der Waals surface area contributed by atoms with Crippen molar-refractivity contribution in [1.29, 1.82) is 0 Å². The Balaban J connectivity index is 2.20. The van der Waals surface area contributed by atoms with Gasteiger partial charge < -0.3 is 5.73 Å². The van der Waals surface area contributed by atoms with Gasteiger partial charge in [0.05, 0.1) is 0 Å². The van der Waals surface area contributed by atoms with E-state index in [4.69, 9.17) is 5.73 Å². The maximum atomic E-state index is 5.87. The fourth-order valence-corrected chi connectivity index (χ4v) is 1.98. The largest absolute Gasteiger partial charge is 0.327 e. The zero-order chi connectivity index (χ0) is 6.27. The number of hydrogen-bond acceptors (Lipinski definition) is 1. The molecule has 0 unspecified atom stereocenters. The van der Waals surface area contributed by atoms with Crippen LogP contribution in [0.15, 0.2) is 12.2 Å². The highest BCUT2D eigenvalue weighted by atomic mass is 14.7. The molecular formula is C8H13N. The van der Waals surface area contributed by atoms with Crippen LogP contribution >= 0.6 is 0 Å². The Morgan fingerprint density at radius 1 is 1.22 bits per heavy atom. The molecule has 0 heterocycles. The molecule has 2 bridgehead atoms. The molecule has 3 rings (SSSR count). The smallest absolute Gasteiger partial charge is 0.0107 e. The molecule has 1 nitrogen and oxygen atoms in total. The summed E-state index contributed by atoms with van der Waals surface area (Å²) in [5.74, 6) is 1.54. The van der Waals surface area contributed by atoms with E-state index in [1.165, 1.54) is 19.3 Å². The van der Waals surface area contributed by atoms with Gasteiger partial charge in [0.1, 0.15) is 0 Å². The molecule has 9 heavy (non-hydrogen) atoms. The van der Waals surface area contributed by atoms with Crippen molar-refractivity contribution < 1.29 is 0 Å². The first-order valence-electron chi connectivity index (χ1n) is 3.80. The first-order chi connectivity index (χ1) is 4.36. The molecule has 0 aliphatic heterocycles. The van der Waals surface area contributed by atoms with Gasteiger partial charge in [-0.15, -0.1) is 0 Å². The van der Waals surface area contributed by atoms with E-state index < -0.39 is 0 Å². The Morgan fingerprint density at radius 2 is 2.11 bits per heavy atom. The SMILES string of the molecule is N[C@H]1C[C@H]2C=C[C@@H]1CC2. The molecular weight excluding hydrogens is 110 g/mol. The maximum Gasteiger partial charge on any atom is 0.0107 e. The van der Waals surface area contributed by atoms with Gasteiger partial charge in [-0.3, -0.25) is 0 Å². The summed E-state index contributed by atoms with van der Waals surface area (Å²) >= 11 is 0. The minimum atomic E-state index is 0.480. The van der Waals surface area contributed by atoms with Crippen LogP contribution in [0.4, 0.5) is 0 Å². The zero-order valence-corrected chi connectivity index (χ0v) is 5.59. The molecule has 1 fully saturated rings. The van der Waals surface area contributed by atoms with Gasteiger partial charge in [-0.05, 0) is 31.1 Å². The van der Waals surface area contributed by atoms with Crippen molar-refractivity contribution in [2.24, 2.45) is 17.6 Å². The summed E-state index contributed by atoms with van der Waals surface area (Å²) in [5, 5.41) is 0. The zero-order valence-electron chi connectivity index (χ0n) is 5.59. The standard InChI is InChI=1S/C8H13N/c9-8-5-6-1-3-7(8)4-2-6/h1,3,6-8H,2,4-5,9H2/t6-,7+,8-/m0/s1. The van der Waals surface area contributed by atoms with Gasteiger partial charge >= 0.3 is 0 Å². The lowest BCUT2D eigenvalue weighted by molar-refractivity contribution is 0.285. The molecule has 0 aromatic heterocycles. The number of allylic oxidation sites excluding steroid dienone is 1. The summed E-state index contributed by atoms with van der Waals surface area (Å²) in [4.78, 5) is 0. The maximum absolute atomic E-state index is 5.87. The Hall–Kier alpha value is -0.300. The molecule has 3 aliphatic carbocycles. The predicted molar refractivity (Wildman–Crippen MR) is 37.9 cm³/mol. The van der Waals surface area contributed by atoms with E-state index in [1.807, 2.05) is 0 Å². The molecule has 0 spiro atoms. The van der Waals surface area contributed by atoms with Gasteiger partial charge in [0, 0.05) is 6.04 Å². The highest BCUT2D eigenvalue weighted by Crippen LogP contribution is 2.34. The minimum Gasteiger partial charge on any atom is -0.327 e. The van der Waals surface area contributed by atoms with Crippen molar-refractivity contribution in [3.8, 4) is 0 Å². The first-order valence-corrected chi connectivity index (χ1v) is 3.80. The molecule has 50 valence electrons. The molecule has 0 aromatic rings. The van der Waals surface area contributed by atoms with Crippen LogP contribution in [-0.2, 0) is 0 Å². The van der Waals surface area contributed by atoms with E-state index in [0.717, 1.165) is 11.8 Å². The van der Waals surface area contributed by atoms with E-state index in [2.05, 4.69) is 12.2 Å². The third-order valence-electron chi connectivity index (χ3n) is 2.63. The van der Waals surface area contributed by atoms with E-state index in [1.54, 1.807) is 0 Å². The number of rotatable bonds is 0. The molecule has 0 aromatic carbocycles. The molecule has 0 amide bonds. The van der Waals surface area contributed by atoms with E-state index in [0.29, 0.717) is 6.04 Å². The van der Waals surface area contributed by atoms with Crippen molar-refractivity contribution in [3.05, 3.63) is 12.2 Å². The van der Waals surface area contributed by atoms with E-state index in [-0.39, 0.29) is 0 Å². The average molecular weight is 123 g/mol. The fourth-order valence-electron chi connectivity index (χ4n) is 1.98. The van der Waals surface area contributed by atoms with Crippen molar-refractivity contribution in [1.82, 2.24) is 0 Å². The molecule has 3 aliphatic rings. The molecule has 2 N–H and O–H groups in total. The third-order valence-corrected chi connectivity index (χ3v) is 2.63. The van der Waals surface area contributed by atoms with Crippen molar-refractivity contribution in [3.63, 3.8) is 0 Å². The van der Waals surface area contributed by atoms with Gasteiger partial charge in [-0.2, -0.15) is 0 Å². The number of fused-ring (bicyclic) bond motifs is 2. The second kappa shape index (κ2) is 1.84. The van der Waals surface area contributed by atoms with Crippen LogP contribution in [0, 0.1) is 11.8 Å². The summed E-state index contributed by atoms with van der Waals surface area (Å²) in [6.45, 7) is 0. The highest BCUT2D eigenvalue weighted by molar-refractivity contribution is 5.07. The molecule has 3 atom stereocenters. The van der Waals surface area contributed by atoms with Gasteiger partial charge in [0.15, 0.2) is 0 Å². The lowest BCUT2D eigenvalue weighted by Gasteiger charge is -2.35. The van der Waals surface area contributed by atoms with Crippen LogP contribution in [0.5, 0.6) is 0 Å². The van der Waals surface area contributed by atoms with Crippen molar-refractivity contribution in [2.75, 3.05) is 0 Å². The second-order valence-corrected chi connectivity index (χ2v) is 3.29. The number of nitrogens with two attached hydrogens (primary N) is 1. The molecule has 1 heteroatoms. The second-order valence-electron chi connectivity index (χ2n) is 3.29. The quantitative estimate of drug-likeness (QED) is 0.483. The fraction of sp³-hybridized carbons (Fsp3) is 0.750. The van der Waals surface area contributed by atoms with E-state index in [9.17, 15) is 0 Å². The molecule has 0 radical (unpaired) electrons. The van der Waals surface area contributed by atoms with Gasteiger partial charge in [-0.1, -0.05) is 12.2 Å². The van der Waals surface area contributed by atoms with Crippen molar-refractivity contribution in [2.45, 2.75) is 25.3 Å². The summed E-state index contributed by atoms with van der Waals surface area (Å²) in [7, 11) is 0. The predicted octanol–water partition coefficient (Wildman–Crippen LogP) is 1.30. The summed E-state index contributed by atoms with van der Waals surface area (Å²) in [6.07, 6.45) is 8.61. The first kappa shape index (κ1) is 5.48. The van der Waals surface area contributed by atoms with Crippen LogP contribution < -0.4 is 5.73 Å². The normalized spacial score (nSPS) is 47.9. The van der Waals surface area contributed by atoms with Crippen LogP contribution in [0.1, 0.15) is 19.3 Å². The van der Waals surface area contributed by atoms with Gasteiger partial charge in [0.2, 0.25) is 0 Å². The Bertz CT molecular complexity index is 140. The third kappa shape index (κ3) is 0.799. The lowest BCUT2D eigenvalue weighted by Crippen LogP contribution is -2.37. The lowest BCUT2D eigenvalue weighted by atomic mass is 9.73. The topological polar surface area (TPSA) is 26.0 Å². The van der Waals surface area contributed by atoms with Crippen molar-refractivity contribution >= 4 is 0 Å². The van der Waals surface area contributed by atoms with Crippen LogP contribution in [0.2, 0.25) is 0 Å².